The molecule has 0 saturated carbocycles. The van der Waals surface area contributed by atoms with E-state index in [1.54, 1.807) is 24.3 Å². The maximum atomic E-state index is 11.5. The summed E-state index contributed by atoms with van der Waals surface area (Å²) in [5.41, 5.74) is 0.976. The number of rotatable bonds is 7. The van der Waals surface area contributed by atoms with Gasteiger partial charge in [0.1, 0.15) is 0 Å². The van der Waals surface area contributed by atoms with Crippen molar-refractivity contribution in [2.24, 2.45) is 0 Å². The molecule has 6 heteroatoms. The van der Waals surface area contributed by atoms with E-state index in [1.165, 1.54) is 0 Å². The fraction of sp³-hybridized carbons (Fsp3) is 0.429. The van der Waals surface area contributed by atoms with Crippen molar-refractivity contribution >= 4 is 17.7 Å². The highest BCUT2D eigenvalue weighted by atomic mass is 16.5. The Morgan fingerprint density at radius 3 is 2.70 bits per heavy atom. The summed E-state index contributed by atoms with van der Waals surface area (Å²) in [6.45, 7) is 2.33. The molecule has 1 rings (SSSR count). The summed E-state index contributed by atoms with van der Waals surface area (Å²) in [4.78, 5) is 22.2. The molecule has 0 fully saturated rings. The lowest BCUT2D eigenvalue weighted by atomic mass is 10.1. The summed E-state index contributed by atoms with van der Waals surface area (Å²) in [6, 6.07) is 6.69. The minimum atomic E-state index is -1.51. The molecule has 1 aromatic carbocycles. The lowest BCUT2D eigenvalue weighted by molar-refractivity contribution is -0.146. The van der Waals surface area contributed by atoms with E-state index in [1.807, 2.05) is 6.92 Å². The number of ether oxygens (including phenoxy) is 1. The molecule has 0 heterocycles. The van der Waals surface area contributed by atoms with E-state index >= 15 is 0 Å². The molecule has 0 radical (unpaired) electrons. The van der Waals surface area contributed by atoms with Crippen LogP contribution < -0.4 is 5.32 Å². The molecule has 1 atom stereocenters. The maximum Gasteiger partial charge on any atom is 0.411 e. The van der Waals surface area contributed by atoms with Crippen LogP contribution in [0.1, 0.15) is 25.3 Å². The molecule has 110 valence electrons. The van der Waals surface area contributed by atoms with Crippen molar-refractivity contribution in [2.75, 3.05) is 11.9 Å². The molecule has 3 N–H and O–H groups in total. The van der Waals surface area contributed by atoms with Crippen molar-refractivity contribution in [3.63, 3.8) is 0 Å². The van der Waals surface area contributed by atoms with Gasteiger partial charge in [0.05, 0.1) is 6.61 Å². The predicted molar refractivity (Wildman–Crippen MR) is 73.7 cm³/mol. The molecule has 0 aliphatic carbocycles. The summed E-state index contributed by atoms with van der Waals surface area (Å²) in [5.74, 6) is -1.30. The zero-order valence-electron chi connectivity index (χ0n) is 11.3. The molecule has 20 heavy (non-hydrogen) atoms. The Morgan fingerprint density at radius 1 is 1.35 bits per heavy atom. The number of benzene rings is 1. The van der Waals surface area contributed by atoms with Gasteiger partial charge in [-0.05, 0) is 18.1 Å². The Morgan fingerprint density at radius 2 is 2.05 bits per heavy atom. The van der Waals surface area contributed by atoms with Crippen LogP contribution in [0.25, 0.3) is 0 Å². The maximum absolute atomic E-state index is 11.5. The van der Waals surface area contributed by atoms with Gasteiger partial charge in [0.25, 0.3) is 0 Å². The number of amides is 1. The van der Waals surface area contributed by atoms with Crippen LogP contribution in [0.2, 0.25) is 0 Å². The average molecular weight is 281 g/mol. The minimum absolute atomic E-state index is 0.0826. The van der Waals surface area contributed by atoms with Gasteiger partial charge >= 0.3 is 12.1 Å². The van der Waals surface area contributed by atoms with E-state index in [0.717, 1.165) is 12.8 Å². The number of nitrogens with one attached hydrogen (secondary N) is 1. The second kappa shape index (κ2) is 8.16. The van der Waals surface area contributed by atoms with Crippen molar-refractivity contribution in [1.82, 2.24) is 0 Å². The summed E-state index contributed by atoms with van der Waals surface area (Å²) >= 11 is 0. The van der Waals surface area contributed by atoms with Crippen LogP contribution in [0, 0.1) is 0 Å². The molecule has 1 amide bonds. The van der Waals surface area contributed by atoms with E-state index in [-0.39, 0.29) is 6.42 Å². The van der Waals surface area contributed by atoms with Gasteiger partial charge in [0.15, 0.2) is 6.10 Å². The standard InChI is InChI=1S/C14H19NO5/c1-2-3-8-20-14(19)15-11-7-5-4-6-10(11)9-12(16)13(17)18/h4-7,12,16H,2-3,8-9H2,1H3,(H,15,19)(H,17,18). The van der Waals surface area contributed by atoms with Gasteiger partial charge in [-0.25, -0.2) is 9.59 Å². The molecular formula is C14H19NO5. The number of carbonyl (C=O) groups is 2. The van der Waals surface area contributed by atoms with Crippen molar-refractivity contribution in [3.05, 3.63) is 29.8 Å². The molecule has 0 aliphatic rings. The molecule has 6 nitrogen and oxygen atoms in total. The number of unbranched alkanes of at least 4 members (excludes halogenated alkanes) is 1. The second-order valence-corrected chi connectivity index (χ2v) is 4.33. The van der Waals surface area contributed by atoms with Gasteiger partial charge in [-0.2, -0.15) is 0 Å². The van der Waals surface area contributed by atoms with Crippen LogP contribution in [-0.4, -0.2) is 35.0 Å². The Hall–Kier alpha value is -2.08. The van der Waals surface area contributed by atoms with Crippen molar-refractivity contribution in [2.45, 2.75) is 32.3 Å². The van der Waals surface area contributed by atoms with Crippen LogP contribution in [-0.2, 0) is 16.0 Å². The van der Waals surface area contributed by atoms with Gasteiger partial charge in [-0.1, -0.05) is 31.5 Å². The summed E-state index contributed by atoms with van der Waals surface area (Å²) in [6.07, 6.45) is -0.466. The zero-order valence-corrected chi connectivity index (χ0v) is 11.3. The van der Waals surface area contributed by atoms with Crippen LogP contribution in [0.3, 0.4) is 0 Å². The fourth-order valence-corrected chi connectivity index (χ4v) is 1.57. The van der Waals surface area contributed by atoms with Gasteiger partial charge < -0.3 is 14.9 Å². The third kappa shape index (κ3) is 5.27. The van der Waals surface area contributed by atoms with Gasteiger partial charge in [0, 0.05) is 12.1 Å². The number of carboxylic acid groups (broad SMARTS) is 1. The SMILES string of the molecule is CCCCOC(=O)Nc1ccccc1CC(O)C(=O)O. The average Bonchev–Trinajstić information content (AvgIpc) is 2.41. The van der Waals surface area contributed by atoms with Crippen molar-refractivity contribution in [1.29, 1.82) is 0 Å². The first-order chi connectivity index (χ1) is 9.54. The van der Waals surface area contributed by atoms with Crippen molar-refractivity contribution < 1.29 is 24.5 Å². The van der Waals surface area contributed by atoms with E-state index in [4.69, 9.17) is 9.84 Å². The molecular weight excluding hydrogens is 262 g/mol. The smallest absolute Gasteiger partial charge is 0.411 e. The van der Waals surface area contributed by atoms with E-state index in [2.05, 4.69) is 5.32 Å². The largest absolute Gasteiger partial charge is 0.479 e. The van der Waals surface area contributed by atoms with Crippen LogP contribution >= 0.6 is 0 Å². The van der Waals surface area contributed by atoms with Gasteiger partial charge in [0.2, 0.25) is 0 Å². The first-order valence-electron chi connectivity index (χ1n) is 6.47. The quantitative estimate of drug-likeness (QED) is 0.664. The minimum Gasteiger partial charge on any atom is -0.479 e. The topological polar surface area (TPSA) is 95.9 Å². The molecule has 0 saturated heterocycles. The lowest BCUT2D eigenvalue weighted by Gasteiger charge is -2.12. The molecule has 0 aliphatic heterocycles. The first-order valence-corrected chi connectivity index (χ1v) is 6.47. The number of aliphatic carboxylic acids is 1. The number of hydrogen-bond donors (Lipinski definition) is 3. The highest BCUT2D eigenvalue weighted by molar-refractivity contribution is 5.86. The Kier molecular flexibility index (Phi) is 6.52. The zero-order chi connectivity index (χ0) is 15.0. The van der Waals surface area contributed by atoms with E-state index < -0.39 is 18.2 Å². The third-order valence-corrected chi connectivity index (χ3v) is 2.68. The summed E-state index contributed by atoms with van der Waals surface area (Å²) in [7, 11) is 0. The molecule has 0 spiro atoms. The third-order valence-electron chi connectivity index (χ3n) is 2.68. The number of anilines is 1. The lowest BCUT2D eigenvalue weighted by Crippen LogP contribution is -2.23. The number of carboxylic acids is 1. The summed E-state index contributed by atoms with van der Waals surface area (Å²) < 4.78 is 4.96. The first kappa shape index (κ1) is 16.0. The molecule has 1 aromatic rings. The normalized spacial score (nSPS) is 11.7. The molecule has 0 bridgehead atoms. The number of carbonyl (C=O) groups excluding carboxylic acids is 1. The van der Waals surface area contributed by atoms with E-state index in [9.17, 15) is 14.7 Å². The summed E-state index contributed by atoms with van der Waals surface area (Å²) in [5, 5.41) is 20.6. The van der Waals surface area contributed by atoms with Gasteiger partial charge in [-0.3, -0.25) is 5.32 Å². The molecule has 1 unspecified atom stereocenters. The number of para-hydroxylation sites is 1. The highest BCUT2D eigenvalue weighted by Gasteiger charge is 2.16. The van der Waals surface area contributed by atoms with E-state index in [0.29, 0.717) is 17.9 Å². The van der Waals surface area contributed by atoms with Crippen LogP contribution in [0.15, 0.2) is 24.3 Å². The Balaban J connectivity index is 2.65. The highest BCUT2D eigenvalue weighted by Crippen LogP contribution is 2.17. The van der Waals surface area contributed by atoms with Crippen molar-refractivity contribution in [3.8, 4) is 0 Å². The molecule has 0 aromatic heterocycles. The number of hydrogen-bond acceptors (Lipinski definition) is 4. The number of aliphatic hydroxyl groups is 1. The number of aliphatic hydroxyl groups excluding tert-OH is 1. The Bertz CT molecular complexity index is 461. The Labute approximate surface area is 117 Å². The fourth-order valence-electron chi connectivity index (χ4n) is 1.57. The van der Waals surface area contributed by atoms with Crippen LogP contribution in [0.5, 0.6) is 0 Å². The van der Waals surface area contributed by atoms with Crippen LogP contribution in [0.4, 0.5) is 10.5 Å². The predicted octanol–water partition coefficient (Wildman–Crippen LogP) is 2.02. The monoisotopic (exact) mass is 281 g/mol. The van der Waals surface area contributed by atoms with Gasteiger partial charge in [-0.15, -0.1) is 0 Å². The second-order valence-electron chi connectivity index (χ2n) is 4.33.